The van der Waals surface area contributed by atoms with Crippen LogP contribution in [0.15, 0.2) is 44.9 Å². The number of ether oxygens (including phenoxy) is 4. The minimum atomic E-state index is -0.359. The van der Waals surface area contributed by atoms with E-state index in [1.165, 1.54) is 74.0 Å². The molecule has 4 fully saturated rings. The molecule has 0 N–H and O–H groups in total. The molecule has 0 unspecified atom stereocenters. The molecule has 7 rings (SSSR count). The van der Waals surface area contributed by atoms with E-state index in [0.717, 1.165) is 39.3 Å². The zero-order valence-corrected chi connectivity index (χ0v) is 22.7. The molecule has 1 heterocycles. The molecule has 0 amide bonds. The summed E-state index contributed by atoms with van der Waals surface area (Å²) in [6.07, 6.45) is 11.3. The number of hydrogen-bond acceptors (Lipinski definition) is 5. The van der Waals surface area contributed by atoms with Gasteiger partial charge in [-0.05, 0) is 55.7 Å². The second kappa shape index (κ2) is 8.47. The lowest BCUT2D eigenvalue weighted by molar-refractivity contribution is -0.0153. The first-order chi connectivity index (χ1) is 17.6. The topological polar surface area (TPSA) is 40.2 Å². The van der Waals surface area contributed by atoms with E-state index in [2.05, 4.69) is 11.8 Å². The number of hydrogen-bond donors (Lipinski definition) is 0. The van der Waals surface area contributed by atoms with Gasteiger partial charge in [0, 0.05) is 68.2 Å². The minimum absolute atomic E-state index is 0.119. The van der Waals surface area contributed by atoms with Gasteiger partial charge in [-0.2, -0.15) is 0 Å². The van der Waals surface area contributed by atoms with Crippen molar-refractivity contribution in [2.45, 2.75) is 70.3 Å². The highest BCUT2D eigenvalue weighted by molar-refractivity contribution is 5.74. The Morgan fingerprint density at radius 3 is 2.56 bits per heavy atom. The predicted octanol–water partition coefficient (Wildman–Crippen LogP) is 5.55. The number of morpholine rings is 1. The van der Waals surface area contributed by atoms with E-state index in [1.807, 2.05) is 21.3 Å². The van der Waals surface area contributed by atoms with Gasteiger partial charge >= 0.3 is 0 Å². The Balaban J connectivity index is 1.49. The highest BCUT2D eigenvalue weighted by Gasteiger charge is 2.75. The van der Waals surface area contributed by atoms with E-state index in [9.17, 15) is 0 Å². The van der Waals surface area contributed by atoms with Gasteiger partial charge in [-0.3, -0.25) is 0 Å². The predicted molar refractivity (Wildman–Crippen MR) is 139 cm³/mol. The molecule has 5 nitrogen and oxygen atoms in total. The Morgan fingerprint density at radius 1 is 1.00 bits per heavy atom. The van der Waals surface area contributed by atoms with E-state index < -0.39 is 0 Å². The lowest BCUT2D eigenvalue weighted by Gasteiger charge is -2.46. The van der Waals surface area contributed by atoms with Crippen LogP contribution in [0, 0.1) is 23.2 Å². The summed E-state index contributed by atoms with van der Waals surface area (Å²) in [4.78, 5) is 2.62. The highest BCUT2D eigenvalue weighted by atomic mass is 16.5. The molecule has 6 aliphatic carbocycles. The van der Waals surface area contributed by atoms with Crippen molar-refractivity contribution in [1.29, 1.82) is 0 Å². The maximum absolute atomic E-state index is 6.94. The molecule has 1 aliphatic heterocycles. The fourth-order valence-electron chi connectivity index (χ4n) is 10.0. The van der Waals surface area contributed by atoms with Gasteiger partial charge < -0.3 is 23.8 Å². The zero-order valence-electron chi connectivity index (χ0n) is 22.7. The van der Waals surface area contributed by atoms with E-state index in [4.69, 9.17) is 18.9 Å². The Kier molecular flexibility index (Phi) is 5.54. The summed E-state index contributed by atoms with van der Waals surface area (Å²) in [7, 11) is 5.77. The van der Waals surface area contributed by atoms with Crippen molar-refractivity contribution in [1.82, 2.24) is 4.90 Å². The normalized spacial score (nSPS) is 39.6. The van der Waals surface area contributed by atoms with Crippen molar-refractivity contribution in [3.8, 4) is 0 Å². The first kappa shape index (κ1) is 23.5. The van der Waals surface area contributed by atoms with Gasteiger partial charge in [-0.25, -0.2) is 0 Å². The van der Waals surface area contributed by atoms with Crippen LogP contribution in [0.3, 0.4) is 0 Å². The monoisotopic (exact) mass is 493 g/mol. The van der Waals surface area contributed by atoms with E-state index in [1.54, 1.807) is 22.3 Å². The van der Waals surface area contributed by atoms with E-state index >= 15 is 0 Å². The maximum atomic E-state index is 6.94. The Morgan fingerprint density at radius 2 is 1.81 bits per heavy atom. The minimum Gasteiger partial charge on any atom is -0.500 e. The van der Waals surface area contributed by atoms with Crippen LogP contribution in [0.2, 0.25) is 0 Å². The van der Waals surface area contributed by atoms with Gasteiger partial charge in [0.25, 0.3) is 0 Å². The molecule has 2 bridgehead atoms. The second-order valence-electron chi connectivity index (χ2n) is 12.2. The van der Waals surface area contributed by atoms with E-state index in [0.29, 0.717) is 11.8 Å². The smallest absolute Gasteiger partial charge is 0.122 e. The molecule has 196 valence electrons. The van der Waals surface area contributed by atoms with Crippen LogP contribution in [0.5, 0.6) is 0 Å². The molecule has 0 aromatic heterocycles. The van der Waals surface area contributed by atoms with Crippen molar-refractivity contribution in [3.05, 3.63) is 44.9 Å². The summed E-state index contributed by atoms with van der Waals surface area (Å²) in [6.45, 7) is 6.74. The van der Waals surface area contributed by atoms with Crippen LogP contribution in [-0.4, -0.2) is 64.7 Å². The summed E-state index contributed by atoms with van der Waals surface area (Å²) in [5.74, 6) is 2.48. The van der Waals surface area contributed by atoms with E-state index in [-0.39, 0.29) is 16.9 Å². The Bertz CT molecular complexity index is 1090. The number of rotatable bonds is 5. The zero-order chi connectivity index (χ0) is 24.7. The van der Waals surface area contributed by atoms with Gasteiger partial charge in [0.2, 0.25) is 0 Å². The van der Waals surface area contributed by atoms with Crippen molar-refractivity contribution in [2.75, 3.05) is 54.2 Å². The third kappa shape index (κ3) is 2.68. The highest BCUT2D eigenvalue weighted by Crippen LogP contribution is 2.79. The molecule has 1 saturated heterocycles. The van der Waals surface area contributed by atoms with Crippen LogP contribution in [-0.2, 0) is 18.9 Å². The Labute approximate surface area is 216 Å². The number of allylic oxidation sites excluding steroid dienone is 2. The lowest BCUT2D eigenvalue weighted by Crippen LogP contribution is -2.44. The first-order valence-corrected chi connectivity index (χ1v) is 14.5. The van der Waals surface area contributed by atoms with Gasteiger partial charge in [0.15, 0.2) is 0 Å². The fraction of sp³-hybridized carbons (Fsp3) is 0.742. The number of methoxy groups -OCH3 is 3. The quantitative estimate of drug-likeness (QED) is 0.470. The summed E-state index contributed by atoms with van der Waals surface area (Å²) < 4.78 is 25.0. The molecule has 3 saturated carbocycles. The standard InChI is InChI=1S/C31H43NO4/c1-19-22(18-33-2)26-23(17-24(19)32-13-15-36-16-14-32)30-12-8-7-11-25(30)31(26,35-4)28-27(30)20-9-5-6-10-21(20)29(28)34-3/h21-22,25H,5-18H2,1-4H3/t21-,22-,25-,30+,31-/m0/s1. The molecule has 0 aromatic carbocycles. The molecule has 5 heteroatoms. The lowest BCUT2D eigenvalue weighted by atomic mass is 9.60. The third-order valence-electron chi connectivity index (χ3n) is 11.2. The third-order valence-corrected chi connectivity index (χ3v) is 11.2. The molecule has 0 radical (unpaired) electrons. The van der Waals surface area contributed by atoms with Crippen molar-refractivity contribution >= 4 is 0 Å². The SMILES string of the molecule is COC[C@H]1C(C)=C(N2CCOCC2)CC2=C1[C@]1(OC)C3=C(OC)[C@H]4CCCCC4=C3[C@]23CCCC[C@@H]31. The largest absolute Gasteiger partial charge is 0.500 e. The van der Waals surface area contributed by atoms with Gasteiger partial charge in [0.1, 0.15) is 11.4 Å². The van der Waals surface area contributed by atoms with Crippen molar-refractivity contribution in [2.24, 2.45) is 23.2 Å². The summed E-state index contributed by atoms with van der Waals surface area (Å²) >= 11 is 0. The molecule has 5 atom stereocenters. The number of nitrogens with zero attached hydrogens (tertiary/aromatic N) is 1. The number of fused-ring (bicyclic) bond motifs is 4. The van der Waals surface area contributed by atoms with Gasteiger partial charge in [-0.1, -0.05) is 30.4 Å². The molecule has 7 aliphatic rings. The van der Waals surface area contributed by atoms with Gasteiger partial charge in [-0.15, -0.1) is 0 Å². The molecule has 0 aromatic rings. The first-order valence-electron chi connectivity index (χ1n) is 14.5. The maximum Gasteiger partial charge on any atom is 0.122 e. The fourth-order valence-corrected chi connectivity index (χ4v) is 10.0. The Hall–Kier alpha value is -1.56. The molecule has 36 heavy (non-hydrogen) atoms. The average molecular weight is 494 g/mol. The average Bonchev–Trinajstić information content (AvgIpc) is 3.49. The van der Waals surface area contributed by atoms with Crippen LogP contribution < -0.4 is 0 Å². The van der Waals surface area contributed by atoms with Crippen LogP contribution in [0.4, 0.5) is 0 Å². The molecular weight excluding hydrogens is 450 g/mol. The second-order valence-corrected chi connectivity index (χ2v) is 12.2. The van der Waals surface area contributed by atoms with Crippen molar-refractivity contribution < 1.29 is 18.9 Å². The van der Waals surface area contributed by atoms with Crippen molar-refractivity contribution in [3.63, 3.8) is 0 Å². The van der Waals surface area contributed by atoms with Crippen LogP contribution in [0.1, 0.15) is 64.7 Å². The van der Waals surface area contributed by atoms with Gasteiger partial charge in [0.05, 0.1) is 26.9 Å². The van der Waals surface area contributed by atoms with Crippen LogP contribution >= 0.6 is 0 Å². The molecular formula is C31H43NO4. The summed E-state index contributed by atoms with van der Waals surface area (Å²) in [5, 5.41) is 0. The molecule has 0 spiro atoms. The summed E-state index contributed by atoms with van der Waals surface area (Å²) in [5.41, 5.74) is 10.9. The van der Waals surface area contributed by atoms with Crippen LogP contribution in [0.25, 0.3) is 0 Å². The summed E-state index contributed by atoms with van der Waals surface area (Å²) in [6, 6.07) is 0.